The predicted octanol–water partition coefficient (Wildman–Crippen LogP) is 2.36. The van der Waals surface area contributed by atoms with Crippen LogP contribution >= 0.6 is 0 Å². The van der Waals surface area contributed by atoms with E-state index in [0.29, 0.717) is 10.9 Å². The number of carbonyl (C=O) groups excluding carboxylic acids is 1. The lowest BCUT2D eigenvalue weighted by Gasteiger charge is -2.33. The minimum atomic E-state index is -4.08. The lowest BCUT2D eigenvalue weighted by atomic mass is 10.2. The smallest absolute Gasteiger partial charge is 0.289 e. The van der Waals surface area contributed by atoms with E-state index in [4.69, 9.17) is 0 Å². The molecule has 2 aromatic carbocycles. The van der Waals surface area contributed by atoms with Crippen LogP contribution in [0.3, 0.4) is 0 Å². The van der Waals surface area contributed by atoms with Gasteiger partial charge in [-0.1, -0.05) is 18.2 Å². The molecule has 1 N–H and O–H groups in total. The molecule has 30 heavy (non-hydrogen) atoms. The number of nitro benzene ring substituents is 1. The third-order valence-corrected chi connectivity index (χ3v) is 6.99. The maximum Gasteiger partial charge on any atom is 0.289 e. The summed E-state index contributed by atoms with van der Waals surface area (Å²) in [6.45, 7) is 0.205. The van der Waals surface area contributed by atoms with Gasteiger partial charge in [0.05, 0.1) is 4.92 Å². The Morgan fingerprint density at radius 3 is 2.43 bits per heavy atom. The highest BCUT2D eigenvalue weighted by Crippen LogP contribution is 2.27. The lowest BCUT2D eigenvalue weighted by molar-refractivity contribution is -0.387. The van der Waals surface area contributed by atoms with Gasteiger partial charge in [0.25, 0.3) is 11.6 Å². The van der Waals surface area contributed by atoms with Gasteiger partial charge in [-0.3, -0.25) is 14.9 Å². The molecule has 9 nitrogen and oxygen atoms in total. The van der Waals surface area contributed by atoms with Gasteiger partial charge in [-0.05, 0) is 24.3 Å². The Morgan fingerprint density at radius 1 is 1.07 bits per heavy atom. The van der Waals surface area contributed by atoms with E-state index in [9.17, 15) is 27.7 Å². The molecule has 0 atom stereocenters. The van der Waals surface area contributed by atoms with Gasteiger partial charge < -0.3 is 9.88 Å². The largest absolute Gasteiger partial charge is 0.350 e. The summed E-state index contributed by atoms with van der Waals surface area (Å²) < 4.78 is 40.8. The van der Waals surface area contributed by atoms with Gasteiger partial charge in [0.2, 0.25) is 10.0 Å². The van der Waals surface area contributed by atoms with Crippen LogP contribution in [0.1, 0.15) is 10.5 Å². The Balaban J connectivity index is 1.51. The molecule has 1 fully saturated rings. The number of piperazine rings is 1. The number of amides is 1. The quantitative estimate of drug-likeness (QED) is 0.502. The van der Waals surface area contributed by atoms with Crippen LogP contribution < -0.4 is 0 Å². The van der Waals surface area contributed by atoms with Gasteiger partial charge >= 0.3 is 0 Å². The number of aromatic amines is 1. The fraction of sp³-hybridized carbons (Fsp3) is 0.211. The van der Waals surface area contributed by atoms with Crippen molar-refractivity contribution in [3.8, 4) is 0 Å². The summed E-state index contributed by atoms with van der Waals surface area (Å²) in [7, 11) is -4.08. The Hall–Kier alpha value is -3.31. The average molecular weight is 432 g/mol. The topological polar surface area (TPSA) is 117 Å². The Morgan fingerprint density at radius 2 is 1.77 bits per heavy atom. The summed E-state index contributed by atoms with van der Waals surface area (Å²) in [5, 5.41) is 11.5. The second-order valence-corrected chi connectivity index (χ2v) is 8.71. The van der Waals surface area contributed by atoms with Crippen LogP contribution in [0, 0.1) is 15.9 Å². The first-order chi connectivity index (χ1) is 14.3. The number of nitrogens with one attached hydrogen (secondary N) is 1. The fourth-order valence-electron chi connectivity index (χ4n) is 3.50. The minimum Gasteiger partial charge on any atom is -0.350 e. The molecule has 0 aliphatic carbocycles. The number of nitro groups is 1. The standard InChI is InChI=1S/C19H17FN4O5S/c20-14-4-3-5-15-13(14)12-16(21-15)19(25)22-8-10-23(11-9-22)30(28,29)18-7-2-1-6-17(18)24(26)27/h1-7,12,21H,8-11H2. The summed E-state index contributed by atoms with van der Waals surface area (Å²) in [5.41, 5.74) is 0.220. The maximum atomic E-state index is 13.9. The van der Waals surface area contributed by atoms with Crippen molar-refractivity contribution in [2.45, 2.75) is 4.90 Å². The fourth-order valence-corrected chi connectivity index (χ4v) is 5.08. The van der Waals surface area contributed by atoms with Gasteiger partial charge in [0.15, 0.2) is 4.90 Å². The molecule has 0 unspecified atom stereocenters. The van der Waals surface area contributed by atoms with Crippen LogP contribution in [-0.2, 0) is 10.0 Å². The van der Waals surface area contributed by atoms with Crippen molar-refractivity contribution in [3.05, 3.63) is 70.2 Å². The van der Waals surface area contributed by atoms with Crippen molar-refractivity contribution in [3.63, 3.8) is 0 Å². The van der Waals surface area contributed by atoms with Crippen LogP contribution in [0.15, 0.2) is 53.4 Å². The Bertz CT molecular complexity index is 1250. The van der Waals surface area contributed by atoms with Gasteiger partial charge in [0.1, 0.15) is 11.5 Å². The summed E-state index contributed by atoms with van der Waals surface area (Å²) in [6, 6.07) is 11.1. The number of fused-ring (bicyclic) bond motifs is 1. The van der Waals surface area contributed by atoms with Crippen molar-refractivity contribution in [2.75, 3.05) is 26.2 Å². The zero-order valence-corrected chi connectivity index (χ0v) is 16.4. The molecule has 0 saturated carbocycles. The molecule has 11 heteroatoms. The molecular formula is C19H17FN4O5S. The summed E-state index contributed by atoms with van der Waals surface area (Å²) in [4.78, 5) is 27.2. The third kappa shape index (κ3) is 3.42. The highest BCUT2D eigenvalue weighted by Gasteiger charge is 2.34. The first-order valence-corrected chi connectivity index (χ1v) is 10.5. The number of hydrogen-bond acceptors (Lipinski definition) is 5. The van der Waals surface area contributed by atoms with E-state index in [1.807, 2.05) is 0 Å². The number of carbonyl (C=O) groups is 1. The van der Waals surface area contributed by atoms with E-state index in [-0.39, 0.29) is 42.7 Å². The van der Waals surface area contributed by atoms with E-state index in [2.05, 4.69) is 4.98 Å². The summed E-state index contributed by atoms with van der Waals surface area (Å²) >= 11 is 0. The van der Waals surface area contributed by atoms with Crippen molar-refractivity contribution in [1.82, 2.24) is 14.2 Å². The molecule has 0 bridgehead atoms. The van der Waals surface area contributed by atoms with Crippen molar-refractivity contribution >= 4 is 32.5 Å². The van der Waals surface area contributed by atoms with Crippen LogP contribution in [0.5, 0.6) is 0 Å². The van der Waals surface area contributed by atoms with Gasteiger partial charge in [-0.15, -0.1) is 0 Å². The number of sulfonamides is 1. The Kier molecular flexibility index (Phi) is 5.00. The van der Waals surface area contributed by atoms with Crippen molar-refractivity contribution in [1.29, 1.82) is 0 Å². The molecule has 4 rings (SSSR count). The highest BCUT2D eigenvalue weighted by molar-refractivity contribution is 7.89. The normalized spacial score (nSPS) is 15.4. The maximum absolute atomic E-state index is 13.9. The van der Waals surface area contributed by atoms with E-state index in [1.165, 1.54) is 41.3 Å². The number of rotatable bonds is 4. The summed E-state index contributed by atoms with van der Waals surface area (Å²) in [6.07, 6.45) is 0. The number of para-hydroxylation sites is 1. The Labute approximate surface area is 170 Å². The SMILES string of the molecule is O=C(c1cc2c(F)cccc2[nH]1)N1CCN(S(=O)(=O)c2ccccc2[N+](=O)[O-])CC1. The number of benzene rings is 2. The van der Waals surface area contributed by atoms with Gasteiger partial charge in [-0.2, -0.15) is 4.31 Å². The molecule has 2 heterocycles. The average Bonchev–Trinajstić information content (AvgIpc) is 3.19. The second-order valence-electron chi connectivity index (χ2n) is 6.81. The monoisotopic (exact) mass is 432 g/mol. The predicted molar refractivity (Wildman–Crippen MR) is 106 cm³/mol. The van der Waals surface area contributed by atoms with Crippen LogP contribution in [0.25, 0.3) is 10.9 Å². The van der Waals surface area contributed by atoms with Crippen LogP contribution in [-0.4, -0.2) is 59.6 Å². The molecule has 1 aliphatic rings. The molecule has 1 amide bonds. The van der Waals surface area contributed by atoms with E-state index < -0.39 is 26.5 Å². The number of halogens is 1. The molecule has 1 aromatic heterocycles. The first-order valence-electron chi connectivity index (χ1n) is 9.09. The molecule has 156 valence electrons. The van der Waals surface area contributed by atoms with Gasteiger partial charge in [0, 0.05) is 43.1 Å². The van der Waals surface area contributed by atoms with Crippen molar-refractivity contribution < 1.29 is 22.5 Å². The van der Waals surface area contributed by atoms with Crippen LogP contribution in [0.2, 0.25) is 0 Å². The number of H-pyrrole nitrogens is 1. The number of nitrogens with zero attached hydrogens (tertiary/aromatic N) is 3. The molecule has 1 aliphatic heterocycles. The van der Waals surface area contributed by atoms with Gasteiger partial charge in [-0.25, -0.2) is 12.8 Å². The van der Waals surface area contributed by atoms with E-state index in [1.54, 1.807) is 6.07 Å². The highest BCUT2D eigenvalue weighted by atomic mass is 32.2. The molecule has 1 saturated heterocycles. The zero-order valence-electron chi connectivity index (χ0n) is 15.6. The number of hydrogen-bond donors (Lipinski definition) is 1. The third-order valence-electron chi connectivity index (χ3n) is 5.05. The molecule has 0 spiro atoms. The van der Waals surface area contributed by atoms with Crippen LogP contribution in [0.4, 0.5) is 10.1 Å². The lowest BCUT2D eigenvalue weighted by Crippen LogP contribution is -2.50. The molecule has 3 aromatic rings. The first kappa shape index (κ1) is 20.0. The van der Waals surface area contributed by atoms with E-state index >= 15 is 0 Å². The van der Waals surface area contributed by atoms with E-state index in [0.717, 1.165) is 10.4 Å². The summed E-state index contributed by atoms with van der Waals surface area (Å²) in [5.74, 6) is -0.809. The second kappa shape index (κ2) is 7.50. The zero-order chi connectivity index (χ0) is 21.5. The van der Waals surface area contributed by atoms with Crippen molar-refractivity contribution in [2.24, 2.45) is 0 Å². The minimum absolute atomic E-state index is 0.00525. The number of aromatic nitrogens is 1. The molecular weight excluding hydrogens is 415 g/mol. The molecule has 0 radical (unpaired) electrons.